The molecule has 0 radical (unpaired) electrons. The molecule has 0 unspecified atom stereocenters. The monoisotopic (exact) mass is 475 g/mol. The highest BCUT2D eigenvalue weighted by atomic mass is 79.9. The van der Waals surface area contributed by atoms with Crippen LogP contribution in [0.1, 0.15) is 25.6 Å². The average molecular weight is 477 g/mol. The van der Waals surface area contributed by atoms with Gasteiger partial charge in [0.1, 0.15) is 10.8 Å². The van der Waals surface area contributed by atoms with Crippen molar-refractivity contribution in [2.45, 2.75) is 32.9 Å². The first-order chi connectivity index (χ1) is 12.2. The Labute approximate surface area is 173 Å². The van der Waals surface area contributed by atoms with Crippen molar-refractivity contribution >= 4 is 67.8 Å². The predicted molar refractivity (Wildman–Crippen MR) is 110 cm³/mol. The molecule has 26 heavy (non-hydrogen) atoms. The number of rotatable bonds is 3. The van der Waals surface area contributed by atoms with Gasteiger partial charge < -0.3 is 4.74 Å². The van der Waals surface area contributed by atoms with Crippen LogP contribution >= 0.6 is 50.5 Å². The van der Waals surface area contributed by atoms with Gasteiger partial charge in [0.2, 0.25) is 0 Å². The van der Waals surface area contributed by atoms with Gasteiger partial charge in [-0.2, -0.15) is 5.10 Å². The van der Waals surface area contributed by atoms with Gasteiger partial charge in [-0.3, -0.25) is 4.90 Å². The Morgan fingerprint density at radius 2 is 2.12 bits per heavy atom. The number of anilines is 1. The van der Waals surface area contributed by atoms with Crippen molar-refractivity contribution in [3.63, 3.8) is 0 Å². The van der Waals surface area contributed by atoms with Gasteiger partial charge in [-0.05, 0) is 54.2 Å². The van der Waals surface area contributed by atoms with E-state index in [4.69, 9.17) is 27.9 Å². The third kappa shape index (κ3) is 4.17. The third-order valence-electron chi connectivity index (χ3n) is 3.39. The second kappa shape index (κ2) is 7.38. The van der Waals surface area contributed by atoms with Gasteiger partial charge in [0.05, 0.1) is 22.2 Å². The Hall–Kier alpha value is -1.28. The molecule has 0 fully saturated rings. The van der Waals surface area contributed by atoms with Crippen molar-refractivity contribution in [3.8, 4) is 0 Å². The molecule has 0 aliphatic heterocycles. The fourth-order valence-corrected chi connectivity index (χ4v) is 3.82. The first-order valence-corrected chi connectivity index (χ1v) is 10.1. The van der Waals surface area contributed by atoms with E-state index < -0.39 is 11.7 Å². The fourth-order valence-electron chi connectivity index (χ4n) is 2.38. The standard InChI is InChI=1S/C17H16BrCl2N3O2S/c1-17(2,3)25-16(24)22(9-10-5-4-6-26-10)12-8-14(19)21-23-13(12)7-11(18)15(23)20/h4-8H,9H2,1-3H3. The summed E-state index contributed by atoms with van der Waals surface area (Å²) in [6.07, 6.45) is -0.469. The second-order valence-electron chi connectivity index (χ2n) is 6.58. The summed E-state index contributed by atoms with van der Waals surface area (Å²) in [6.45, 7) is 5.83. The number of thiophene rings is 1. The average Bonchev–Trinajstić information content (AvgIpc) is 3.13. The molecule has 0 aliphatic rings. The Morgan fingerprint density at radius 3 is 2.73 bits per heavy atom. The summed E-state index contributed by atoms with van der Waals surface area (Å²) >= 11 is 17.4. The summed E-state index contributed by atoms with van der Waals surface area (Å²) in [5.74, 6) is 0. The largest absolute Gasteiger partial charge is 0.443 e. The summed E-state index contributed by atoms with van der Waals surface area (Å²) in [7, 11) is 0. The molecule has 3 heterocycles. The van der Waals surface area contributed by atoms with Gasteiger partial charge in [-0.1, -0.05) is 29.3 Å². The lowest BCUT2D eigenvalue weighted by molar-refractivity contribution is 0.0578. The van der Waals surface area contributed by atoms with E-state index in [2.05, 4.69) is 21.0 Å². The van der Waals surface area contributed by atoms with Gasteiger partial charge in [0, 0.05) is 10.9 Å². The van der Waals surface area contributed by atoms with Gasteiger partial charge in [-0.15, -0.1) is 11.3 Å². The third-order valence-corrected chi connectivity index (χ3v) is 5.63. The van der Waals surface area contributed by atoms with Crippen LogP contribution in [0.15, 0.2) is 34.1 Å². The van der Waals surface area contributed by atoms with Gasteiger partial charge >= 0.3 is 6.09 Å². The maximum absolute atomic E-state index is 12.9. The molecule has 3 aromatic rings. The number of fused-ring (bicyclic) bond motifs is 1. The zero-order valence-corrected chi connectivity index (χ0v) is 18.2. The summed E-state index contributed by atoms with van der Waals surface area (Å²) in [5.41, 5.74) is 0.590. The summed E-state index contributed by atoms with van der Waals surface area (Å²) in [6, 6.07) is 7.33. The quantitative estimate of drug-likeness (QED) is 0.438. The van der Waals surface area contributed by atoms with Crippen LogP contribution in [0.3, 0.4) is 0 Å². The van der Waals surface area contributed by atoms with Gasteiger partial charge in [0.15, 0.2) is 5.15 Å². The Morgan fingerprint density at radius 1 is 1.38 bits per heavy atom. The van der Waals surface area contributed by atoms with E-state index in [0.29, 0.717) is 27.4 Å². The number of hydrogen-bond acceptors (Lipinski definition) is 4. The molecule has 138 valence electrons. The van der Waals surface area contributed by atoms with Crippen LogP contribution in [0.4, 0.5) is 10.5 Å². The second-order valence-corrected chi connectivity index (χ2v) is 9.21. The first kappa shape index (κ1) is 19.5. The Bertz CT molecular complexity index is 951. The number of amides is 1. The maximum atomic E-state index is 12.9. The van der Waals surface area contributed by atoms with E-state index >= 15 is 0 Å². The SMILES string of the molecule is CC(C)(C)OC(=O)N(Cc1cccs1)c1cc(Cl)nn2c(Cl)c(Br)cc12. The summed E-state index contributed by atoms with van der Waals surface area (Å²) < 4.78 is 7.76. The normalized spacial score (nSPS) is 11.8. The minimum atomic E-state index is -0.627. The molecular formula is C17H16BrCl2N3O2S. The highest BCUT2D eigenvalue weighted by molar-refractivity contribution is 9.10. The van der Waals surface area contributed by atoms with Crippen LogP contribution in [0.2, 0.25) is 10.3 Å². The van der Waals surface area contributed by atoms with Crippen molar-refractivity contribution in [1.29, 1.82) is 0 Å². The number of halogens is 3. The Balaban J connectivity index is 2.13. The predicted octanol–water partition coefficient (Wildman–Crippen LogP) is 6.41. The van der Waals surface area contributed by atoms with Crippen molar-refractivity contribution in [3.05, 3.63) is 49.3 Å². The van der Waals surface area contributed by atoms with E-state index in [1.165, 1.54) is 4.52 Å². The topological polar surface area (TPSA) is 46.8 Å². The zero-order valence-electron chi connectivity index (χ0n) is 14.3. The van der Waals surface area contributed by atoms with Crippen LogP contribution in [-0.2, 0) is 11.3 Å². The lowest BCUT2D eigenvalue weighted by Crippen LogP contribution is -2.36. The van der Waals surface area contributed by atoms with Crippen LogP contribution in [0.25, 0.3) is 5.52 Å². The number of carbonyl (C=O) groups excluding carboxylic acids is 1. The minimum absolute atomic E-state index is 0.220. The first-order valence-electron chi connectivity index (χ1n) is 7.72. The van der Waals surface area contributed by atoms with Crippen LogP contribution in [0.5, 0.6) is 0 Å². The van der Waals surface area contributed by atoms with E-state index in [1.54, 1.807) is 28.4 Å². The van der Waals surface area contributed by atoms with Crippen LogP contribution in [-0.4, -0.2) is 21.3 Å². The van der Waals surface area contributed by atoms with Crippen molar-refractivity contribution in [1.82, 2.24) is 9.61 Å². The molecule has 9 heteroatoms. The van der Waals surface area contributed by atoms with Crippen LogP contribution in [0, 0.1) is 0 Å². The number of hydrogen-bond donors (Lipinski definition) is 0. The molecular weight excluding hydrogens is 461 g/mol. The lowest BCUT2D eigenvalue weighted by atomic mass is 10.2. The van der Waals surface area contributed by atoms with Gasteiger partial charge in [0.25, 0.3) is 0 Å². The molecule has 0 saturated heterocycles. The summed E-state index contributed by atoms with van der Waals surface area (Å²) in [5, 5.41) is 6.77. The smallest absolute Gasteiger partial charge is 0.415 e. The molecule has 0 N–H and O–H groups in total. The Kier molecular flexibility index (Phi) is 5.53. The maximum Gasteiger partial charge on any atom is 0.415 e. The molecule has 0 saturated carbocycles. The number of aromatic nitrogens is 2. The molecule has 3 rings (SSSR count). The molecule has 3 aromatic heterocycles. The molecule has 0 atom stereocenters. The van der Waals surface area contributed by atoms with E-state index in [1.807, 2.05) is 38.3 Å². The number of nitrogens with zero attached hydrogens (tertiary/aromatic N) is 3. The van der Waals surface area contributed by atoms with Gasteiger partial charge in [-0.25, -0.2) is 9.31 Å². The highest BCUT2D eigenvalue weighted by Gasteiger charge is 2.27. The van der Waals surface area contributed by atoms with Crippen molar-refractivity contribution < 1.29 is 9.53 Å². The van der Waals surface area contributed by atoms with Crippen LogP contribution < -0.4 is 4.90 Å². The summed E-state index contributed by atoms with van der Waals surface area (Å²) in [4.78, 5) is 15.5. The minimum Gasteiger partial charge on any atom is -0.443 e. The molecule has 0 aliphatic carbocycles. The molecule has 5 nitrogen and oxygen atoms in total. The molecule has 0 aromatic carbocycles. The van der Waals surface area contributed by atoms with Crippen molar-refractivity contribution in [2.75, 3.05) is 4.90 Å². The van der Waals surface area contributed by atoms with E-state index in [9.17, 15) is 4.79 Å². The fraction of sp³-hybridized carbons (Fsp3) is 0.294. The molecule has 1 amide bonds. The lowest BCUT2D eigenvalue weighted by Gasteiger charge is -2.27. The van der Waals surface area contributed by atoms with Crippen molar-refractivity contribution in [2.24, 2.45) is 0 Å². The number of ether oxygens (including phenoxy) is 1. The molecule has 0 bridgehead atoms. The zero-order chi connectivity index (χ0) is 19.1. The number of carbonyl (C=O) groups is 1. The van der Waals surface area contributed by atoms with E-state index in [0.717, 1.165) is 4.88 Å². The van der Waals surface area contributed by atoms with E-state index in [-0.39, 0.29) is 5.15 Å². The highest BCUT2D eigenvalue weighted by Crippen LogP contribution is 2.34. The molecule has 0 spiro atoms.